The third kappa shape index (κ3) is 1.76. The van der Waals surface area contributed by atoms with Crippen LogP contribution in [0.4, 0.5) is 17.5 Å². The minimum Gasteiger partial charge on any atom is -0.368 e. The summed E-state index contributed by atoms with van der Waals surface area (Å²) in [4.78, 5) is 15.3. The highest BCUT2D eigenvalue weighted by Crippen LogP contribution is 2.21. The van der Waals surface area contributed by atoms with Crippen LogP contribution in [0.5, 0.6) is 0 Å². The molecule has 3 aromatic rings. The molecule has 3 rings (SSSR count). The van der Waals surface area contributed by atoms with Gasteiger partial charge in [-0.1, -0.05) is 18.2 Å². The number of hydrogen-bond donors (Lipinski definition) is 3. The van der Waals surface area contributed by atoms with Crippen molar-refractivity contribution in [2.45, 2.75) is 0 Å². The van der Waals surface area contributed by atoms with Gasteiger partial charge in [-0.05, 0) is 12.1 Å². The monoisotopic (exact) mass is 226 g/mol. The molecule has 2 aromatic heterocycles. The van der Waals surface area contributed by atoms with E-state index in [0.29, 0.717) is 17.0 Å². The number of para-hydroxylation sites is 1. The van der Waals surface area contributed by atoms with E-state index in [2.05, 4.69) is 25.3 Å². The van der Waals surface area contributed by atoms with Gasteiger partial charge in [-0.2, -0.15) is 9.97 Å². The molecule has 0 fully saturated rings. The number of anilines is 3. The predicted molar refractivity (Wildman–Crippen MR) is 65.8 cm³/mol. The molecule has 1 aromatic carbocycles. The van der Waals surface area contributed by atoms with Crippen LogP contribution in [-0.2, 0) is 0 Å². The smallest absolute Gasteiger partial charge is 0.224 e. The first-order valence-corrected chi connectivity index (χ1v) is 5.11. The van der Waals surface area contributed by atoms with Crippen molar-refractivity contribution in [2.75, 3.05) is 11.1 Å². The summed E-state index contributed by atoms with van der Waals surface area (Å²) < 4.78 is 0. The lowest BCUT2D eigenvalue weighted by atomic mass is 10.3. The van der Waals surface area contributed by atoms with E-state index in [-0.39, 0.29) is 5.95 Å². The maximum atomic E-state index is 5.63. The molecule has 0 aliphatic heterocycles. The molecular weight excluding hydrogens is 216 g/mol. The van der Waals surface area contributed by atoms with Crippen molar-refractivity contribution < 1.29 is 0 Å². The van der Waals surface area contributed by atoms with E-state index in [4.69, 9.17) is 5.73 Å². The number of hydrogen-bond acceptors (Lipinski definition) is 5. The van der Waals surface area contributed by atoms with E-state index in [9.17, 15) is 0 Å². The fourth-order valence-electron chi connectivity index (χ4n) is 1.60. The van der Waals surface area contributed by atoms with Crippen LogP contribution in [-0.4, -0.2) is 19.9 Å². The van der Waals surface area contributed by atoms with Gasteiger partial charge in [0.25, 0.3) is 0 Å². The van der Waals surface area contributed by atoms with E-state index >= 15 is 0 Å². The van der Waals surface area contributed by atoms with Gasteiger partial charge in [-0.15, -0.1) is 0 Å². The zero-order chi connectivity index (χ0) is 11.7. The van der Waals surface area contributed by atoms with E-state index in [0.717, 1.165) is 5.69 Å². The van der Waals surface area contributed by atoms with Gasteiger partial charge in [-0.3, -0.25) is 0 Å². The highest BCUT2D eigenvalue weighted by Gasteiger charge is 2.08. The molecule has 0 spiro atoms. The zero-order valence-electron chi connectivity index (χ0n) is 8.88. The fraction of sp³-hybridized carbons (Fsp3) is 0. The maximum absolute atomic E-state index is 5.63. The number of nitrogens with two attached hydrogens (primary N) is 1. The molecule has 6 nitrogen and oxygen atoms in total. The largest absolute Gasteiger partial charge is 0.368 e. The van der Waals surface area contributed by atoms with Gasteiger partial charge in [-0.25, -0.2) is 4.98 Å². The van der Waals surface area contributed by atoms with Crippen molar-refractivity contribution in [3.05, 3.63) is 36.7 Å². The number of imidazole rings is 1. The van der Waals surface area contributed by atoms with Crippen LogP contribution in [0.3, 0.4) is 0 Å². The molecule has 0 saturated carbocycles. The Hall–Kier alpha value is -2.63. The lowest BCUT2D eigenvalue weighted by molar-refractivity contribution is 1.21. The van der Waals surface area contributed by atoms with Crippen LogP contribution in [0.25, 0.3) is 11.2 Å². The van der Waals surface area contributed by atoms with E-state index in [1.54, 1.807) is 6.33 Å². The second-order valence-corrected chi connectivity index (χ2v) is 3.52. The van der Waals surface area contributed by atoms with Gasteiger partial charge in [0, 0.05) is 5.69 Å². The molecule has 0 radical (unpaired) electrons. The van der Waals surface area contributed by atoms with Crippen molar-refractivity contribution >= 4 is 28.6 Å². The Morgan fingerprint density at radius 2 is 1.94 bits per heavy atom. The second kappa shape index (κ2) is 3.75. The summed E-state index contributed by atoms with van der Waals surface area (Å²) in [5.41, 5.74) is 7.84. The van der Waals surface area contributed by atoms with Gasteiger partial charge in [0.1, 0.15) is 0 Å². The van der Waals surface area contributed by atoms with Crippen LogP contribution < -0.4 is 11.1 Å². The highest BCUT2D eigenvalue weighted by molar-refractivity contribution is 5.85. The fourth-order valence-corrected chi connectivity index (χ4v) is 1.60. The molecule has 0 aliphatic carbocycles. The van der Waals surface area contributed by atoms with Crippen molar-refractivity contribution in [1.82, 2.24) is 19.9 Å². The van der Waals surface area contributed by atoms with Crippen molar-refractivity contribution in [3.63, 3.8) is 0 Å². The quantitative estimate of drug-likeness (QED) is 0.618. The summed E-state index contributed by atoms with van der Waals surface area (Å²) >= 11 is 0. The summed E-state index contributed by atoms with van der Waals surface area (Å²) in [6.07, 6.45) is 1.56. The Kier molecular flexibility index (Phi) is 2.11. The first kappa shape index (κ1) is 9.59. The van der Waals surface area contributed by atoms with Gasteiger partial charge in [0.15, 0.2) is 17.0 Å². The first-order chi connectivity index (χ1) is 8.33. The van der Waals surface area contributed by atoms with Crippen molar-refractivity contribution in [2.24, 2.45) is 0 Å². The van der Waals surface area contributed by atoms with Crippen molar-refractivity contribution in [1.29, 1.82) is 0 Å². The van der Waals surface area contributed by atoms with Crippen LogP contribution in [0.15, 0.2) is 36.7 Å². The molecule has 6 heteroatoms. The molecule has 0 bridgehead atoms. The average molecular weight is 226 g/mol. The Morgan fingerprint density at radius 1 is 1.12 bits per heavy atom. The van der Waals surface area contributed by atoms with Crippen molar-refractivity contribution in [3.8, 4) is 0 Å². The maximum Gasteiger partial charge on any atom is 0.224 e. The van der Waals surface area contributed by atoms with Gasteiger partial charge in [0.2, 0.25) is 5.95 Å². The lowest BCUT2D eigenvalue weighted by Gasteiger charge is -2.05. The number of nitrogens with one attached hydrogen (secondary N) is 2. The third-order valence-corrected chi connectivity index (χ3v) is 2.33. The predicted octanol–water partition coefficient (Wildman–Crippen LogP) is 1.68. The first-order valence-electron chi connectivity index (χ1n) is 5.11. The molecule has 84 valence electrons. The molecule has 17 heavy (non-hydrogen) atoms. The molecule has 0 unspecified atom stereocenters. The molecular formula is C11H10N6. The number of fused-ring (bicyclic) bond motifs is 1. The number of nitrogens with zero attached hydrogens (tertiary/aromatic N) is 3. The number of aromatic amines is 1. The van der Waals surface area contributed by atoms with Crippen LogP contribution in [0.1, 0.15) is 0 Å². The topological polar surface area (TPSA) is 92.5 Å². The van der Waals surface area contributed by atoms with Crippen LogP contribution in [0, 0.1) is 0 Å². The average Bonchev–Trinajstić information content (AvgIpc) is 2.78. The Morgan fingerprint density at radius 3 is 2.76 bits per heavy atom. The number of rotatable bonds is 2. The minimum atomic E-state index is 0.209. The Labute approximate surface area is 96.9 Å². The molecule has 0 aliphatic rings. The number of H-pyrrole nitrogens is 1. The molecule has 0 atom stereocenters. The molecule has 2 heterocycles. The van der Waals surface area contributed by atoms with Crippen LogP contribution >= 0.6 is 0 Å². The number of aromatic nitrogens is 4. The zero-order valence-corrected chi connectivity index (χ0v) is 8.88. The standard InChI is InChI=1S/C11H10N6/c12-11-16-9-8(13-6-14-9)10(17-11)15-7-4-2-1-3-5-7/h1-6H,(H4,12,13,14,15,16,17). The van der Waals surface area contributed by atoms with E-state index in [1.807, 2.05) is 30.3 Å². The van der Waals surface area contributed by atoms with Gasteiger partial charge < -0.3 is 16.0 Å². The summed E-state index contributed by atoms with van der Waals surface area (Å²) in [7, 11) is 0. The Balaban J connectivity index is 2.08. The molecule has 4 N–H and O–H groups in total. The Bertz CT molecular complexity index is 645. The lowest BCUT2D eigenvalue weighted by Crippen LogP contribution is -2.01. The summed E-state index contributed by atoms with van der Waals surface area (Å²) in [5.74, 6) is 0.806. The third-order valence-electron chi connectivity index (χ3n) is 2.33. The molecule has 0 amide bonds. The van der Waals surface area contributed by atoms with Crippen LogP contribution in [0.2, 0.25) is 0 Å². The van der Waals surface area contributed by atoms with E-state index < -0.39 is 0 Å². The summed E-state index contributed by atoms with van der Waals surface area (Å²) in [6.45, 7) is 0. The van der Waals surface area contributed by atoms with Gasteiger partial charge in [0.05, 0.1) is 6.33 Å². The SMILES string of the molecule is Nc1nc(Nc2ccccc2)c2nc[nH]c2n1. The number of nitrogen functional groups attached to an aromatic ring is 1. The highest BCUT2D eigenvalue weighted by atomic mass is 15.1. The van der Waals surface area contributed by atoms with E-state index in [1.165, 1.54) is 0 Å². The summed E-state index contributed by atoms with van der Waals surface area (Å²) in [5, 5.41) is 3.16. The second-order valence-electron chi connectivity index (χ2n) is 3.52. The molecule has 0 saturated heterocycles. The number of benzene rings is 1. The summed E-state index contributed by atoms with van der Waals surface area (Å²) in [6, 6.07) is 9.71. The normalized spacial score (nSPS) is 10.6. The van der Waals surface area contributed by atoms with Gasteiger partial charge >= 0.3 is 0 Å². The minimum absolute atomic E-state index is 0.209.